The van der Waals surface area contributed by atoms with Gasteiger partial charge in [-0.3, -0.25) is 0 Å². The van der Waals surface area contributed by atoms with Crippen molar-refractivity contribution in [3.63, 3.8) is 0 Å². The van der Waals surface area contributed by atoms with E-state index in [0.717, 1.165) is 31.4 Å². The lowest BCUT2D eigenvalue weighted by Crippen LogP contribution is -2.30. The van der Waals surface area contributed by atoms with Crippen LogP contribution in [0.3, 0.4) is 0 Å². The number of nitrogens with one attached hydrogen (secondary N) is 1. The minimum atomic E-state index is -0.332. The average molecular weight is 217 g/mol. The summed E-state index contributed by atoms with van der Waals surface area (Å²) in [6.45, 7) is 4.52. The molecule has 0 amide bonds. The summed E-state index contributed by atoms with van der Waals surface area (Å²) in [5, 5.41) is 13.5. The highest BCUT2D eigenvalue weighted by Gasteiger charge is 2.21. The summed E-state index contributed by atoms with van der Waals surface area (Å²) in [6, 6.07) is 8.59. The van der Waals surface area contributed by atoms with Gasteiger partial charge < -0.3 is 10.4 Å². The summed E-state index contributed by atoms with van der Waals surface area (Å²) >= 11 is 0. The molecule has 2 nitrogen and oxygen atoms in total. The first-order valence-electron chi connectivity index (χ1n) is 5.91. The first kappa shape index (κ1) is 11.4. The molecule has 1 aliphatic carbocycles. The molecule has 0 heterocycles. The molecule has 2 atom stereocenters. The largest absolute Gasteiger partial charge is 0.388 e. The van der Waals surface area contributed by atoms with Gasteiger partial charge in [0.15, 0.2) is 0 Å². The van der Waals surface area contributed by atoms with Gasteiger partial charge in [-0.25, -0.2) is 0 Å². The molecule has 0 radical (unpaired) electrons. The summed E-state index contributed by atoms with van der Waals surface area (Å²) in [6.07, 6.45) is 4.46. The molecule has 0 saturated heterocycles. The number of aliphatic hydroxyl groups is 1. The zero-order chi connectivity index (χ0) is 11.4. The molecule has 2 unspecified atom stereocenters. The van der Waals surface area contributed by atoms with E-state index in [-0.39, 0.29) is 6.10 Å². The van der Waals surface area contributed by atoms with Crippen LogP contribution in [-0.2, 0) is 6.42 Å². The summed E-state index contributed by atoms with van der Waals surface area (Å²) in [4.78, 5) is 0. The smallest absolute Gasteiger partial charge is 0.0807 e. The Morgan fingerprint density at radius 1 is 1.44 bits per heavy atom. The maximum atomic E-state index is 10.1. The second-order valence-electron chi connectivity index (χ2n) is 4.38. The van der Waals surface area contributed by atoms with Gasteiger partial charge in [0, 0.05) is 12.6 Å². The zero-order valence-electron chi connectivity index (χ0n) is 9.52. The molecule has 1 aromatic carbocycles. The molecule has 2 heteroatoms. The summed E-state index contributed by atoms with van der Waals surface area (Å²) in [7, 11) is 0. The van der Waals surface area contributed by atoms with Crippen molar-refractivity contribution in [2.45, 2.75) is 31.4 Å². The van der Waals surface area contributed by atoms with Gasteiger partial charge in [0.25, 0.3) is 0 Å². The second-order valence-corrected chi connectivity index (χ2v) is 4.38. The van der Waals surface area contributed by atoms with E-state index < -0.39 is 0 Å². The van der Waals surface area contributed by atoms with Crippen LogP contribution in [0.4, 0.5) is 0 Å². The Bertz CT molecular complexity index is 362. The highest BCUT2D eigenvalue weighted by molar-refractivity contribution is 5.30. The first-order valence-corrected chi connectivity index (χ1v) is 5.91. The third-order valence-corrected chi connectivity index (χ3v) is 3.23. The summed E-state index contributed by atoms with van der Waals surface area (Å²) < 4.78 is 0. The van der Waals surface area contributed by atoms with E-state index in [4.69, 9.17) is 0 Å². The highest BCUT2D eigenvalue weighted by atomic mass is 16.3. The third kappa shape index (κ3) is 2.52. The van der Waals surface area contributed by atoms with Gasteiger partial charge in [-0.2, -0.15) is 0 Å². The fraction of sp³-hybridized carbons (Fsp3) is 0.429. The number of hydrogen-bond acceptors (Lipinski definition) is 2. The number of hydrogen-bond donors (Lipinski definition) is 2. The number of fused-ring (bicyclic) bond motifs is 1. The molecule has 0 bridgehead atoms. The third-order valence-electron chi connectivity index (χ3n) is 3.23. The normalized spacial score (nSPS) is 24.6. The molecule has 86 valence electrons. The van der Waals surface area contributed by atoms with Crippen molar-refractivity contribution in [2.75, 3.05) is 6.54 Å². The Morgan fingerprint density at radius 2 is 2.25 bits per heavy atom. The lowest BCUT2D eigenvalue weighted by Gasteiger charge is -2.17. The van der Waals surface area contributed by atoms with Gasteiger partial charge in [-0.05, 0) is 30.4 Å². The summed E-state index contributed by atoms with van der Waals surface area (Å²) in [5.74, 6) is 0. The van der Waals surface area contributed by atoms with Crippen molar-refractivity contribution < 1.29 is 5.11 Å². The molecule has 1 aromatic rings. The fourth-order valence-corrected chi connectivity index (χ4v) is 2.37. The van der Waals surface area contributed by atoms with E-state index in [1.165, 1.54) is 5.56 Å². The van der Waals surface area contributed by atoms with Gasteiger partial charge in [-0.1, -0.05) is 30.3 Å². The van der Waals surface area contributed by atoms with Crippen LogP contribution in [0.5, 0.6) is 0 Å². The Kier molecular flexibility index (Phi) is 3.75. The molecule has 0 aromatic heterocycles. The SMILES string of the molecule is C=CCNC1CCc2ccccc2C(O)C1. The van der Waals surface area contributed by atoms with Crippen molar-refractivity contribution in [1.82, 2.24) is 5.32 Å². The van der Waals surface area contributed by atoms with Crippen LogP contribution in [0.15, 0.2) is 36.9 Å². The van der Waals surface area contributed by atoms with Crippen LogP contribution in [0.2, 0.25) is 0 Å². The number of aliphatic hydroxyl groups excluding tert-OH is 1. The Balaban J connectivity index is 2.09. The fourth-order valence-electron chi connectivity index (χ4n) is 2.37. The van der Waals surface area contributed by atoms with E-state index in [1.807, 2.05) is 24.3 Å². The van der Waals surface area contributed by atoms with Crippen molar-refractivity contribution >= 4 is 0 Å². The van der Waals surface area contributed by atoms with Crippen molar-refractivity contribution in [3.8, 4) is 0 Å². The Hall–Kier alpha value is -1.12. The highest BCUT2D eigenvalue weighted by Crippen LogP contribution is 2.28. The molecule has 0 saturated carbocycles. The average Bonchev–Trinajstić information content (AvgIpc) is 2.47. The molecular weight excluding hydrogens is 198 g/mol. The maximum Gasteiger partial charge on any atom is 0.0807 e. The Labute approximate surface area is 97.0 Å². The van der Waals surface area contributed by atoms with E-state index in [0.29, 0.717) is 6.04 Å². The molecule has 0 spiro atoms. The lowest BCUT2D eigenvalue weighted by molar-refractivity contribution is 0.154. The van der Waals surface area contributed by atoms with Crippen LogP contribution < -0.4 is 5.32 Å². The first-order chi connectivity index (χ1) is 7.81. The molecular formula is C14H19NO. The van der Waals surface area contributed by atoms with Crippen molar-refractivity contribution in [3.05, 3.63) is 48.0 Å². The van der Waals surface area contributed by atoms with Gasteiger partial charge in [-0.15, -0.1) is 6.58 Å². The topological polar surface area (TPSA) is 32.3 Å². The van der Waals surface area contributed by atoms with Crippen LogP contribution in [0, 0.1) is 0 Å². The quantitative estimate of drug-likeness (QED) is 0.601. The van der Waals surface area contributed by atoms with E-state index in [1.54, 1.807) is 0 Å². The van der Waals surface area contributed by atoms with E-state index in [9.17, 15) is 5.11 Å². The number of benzene rings is 1. The summed E-state index contributed by atoms with van der Waals surface area (Å²) in [5.41, 5.74) is 2.39. The predicted octanol–water partition coefficient (Wildman–Crippen LogP) is 2.20. The zero-order valence-corrected chi connectivity index (χ0v) is 9.52. The molecule has 0 aliphatic heterocycles. The van der Waals surface area contributed by atoms with Gasteiger partial charge in [0.2, 0.25) is 0 Å². The van der Waals surface area contributed by atoms with Crippen LogP contribution in [0.1, 0.15) is 30.1 Å². The molecule has 2 rings (SSSR count). The molecule has 0 fully saturated rings. The van der Waals surface area contributed by atoms with Gasteiger partial charge in [0.05, 0.1) is 6.10 Å². The monoisotopic (exact) mass is 217 g/mol. The van der Waals surface area contributed by atoms with Crippen LogP contribution in [-0.4, -0.2) is 17.7 Å². The van der Waals surface area contributed by atoms with Gasteiger partial charge in [0.1, 0.15) is 0 Å². The number of rotatable bonds is 3. The minimum absolute atomic E-state index is 0.332. The van der Waals surface area contributed by atoms with E-state index in [2.05, 4.69) is 18.0 Å². The predicted molar refractivity (Wildman–Crippen MR) is 66.3 cm³/mol. The molecule has 2 N–H and O–H groups in total. The number of aryl methyl sites for hydroxylation is 1. The van der Waals surface area contributed by atoms with Gasteiger partial charge >= 0.3 is 0 Å². The molecule has 16 heavy (non-hydrogen) atoms. The maximum absolute atomic E-state index is 10.1. The molecule has 1 aliphatic rings. The second kappa shape index (κ2) is 5.28. The minimum Gasteiger partial charge on any atom is -0.388 e. The van der Waals surface area contributed by atoms with Crippen molar-refractivity contribution in [1.29, 1.82) is 0 Å². The van der Waals surface area contributed by atoms with E-state index >= 15 is 0 Å². The standard InChI is InChI=1S/C14H19NO/c1-2-9-15-12-8-7-11-5-3-4-6-13(11)14(16)10-12/h2-6,12,14-16H,1,7-10H2. The van der Waals surface area contributed by atoms with Crippen LogP contribution >= 0.6 is 0 Å². The lowest BCUT2D eigenvalue weighted by atomic mass is 10.0. The van der Waals surface area contributed by atoms with Crippen LogP contribution in [0.25, 0.3) is 0 Å². The van der Waals surface area contributed by atoms with Crippen molar-refractivity contribution in [2.24, 2.45) is 0 Å². The Morgan fingerprint density at radius 3 is 3.06 bits per heavy atom.